The van der Waals surface area contributed by atoms with E-state index in [2.05, 4.69) is 17.9 Å². The van der Waals surface area contributed by atoms with E-state index in [9.17, 15) is 14.4 Å². The molecule has 1 N–H and O–H groups in total. The number of rotatable bonds is 10. The monoisotopic (exact) mass is 404 g/mol. The van der Waals surface area contributed by atoms with E-state index in [-0.39, 0.29) is 30.1 Å². The molecular formula is C22H28O7. The molecule has 29 heavy (non-hydrogen) atoms. The third-order valence-corrected chi connectivity index (χ3v) is 3.23. The van der Waals surface area contributed by atoms with Gasteiger partial charge in [0.2, 0.25) is 0 Å². The van der Waals surface area contributed by atoms with E-state index in [0.717, 1.165) is 5.75 Å². The van der Waals surface area contributed by atoms with Crippen LogP contribution in [0.15, 0.2) is 66.3 Å². The molecule has 0 saturated carbocycles. The molecule has 0 bridgehead atoms. The second-order valence-corrected chi connectivity index (χ2v) is 5.80. The summed E-state index contributed by atoms with van der Waals surface area (Å²) < 4.78 is 14.9. The predicted octanol–water partition coefficient (Wildman–Crippen LogP) is 3.71. The fourth-order valence-electron chi connectivity index (χ4n) is 1.61. The van der Waals surface area contributed by atoms with Gasteiger partial charge in [0.15, 0.2) is 0 Å². The zero-order valence-electron chi connectivity index (χ0n) is 17.1. The van der Waals surface area contributed by atoms with Crippen LogP contribution in [-0.4, -0.2) is 42.8 Å². The van der Waals surface area contributed by atoms with Gasteiger partial charge in [0, 0.05) is 16.7 Å². The lowest BCUT2D eigenvalue weighted by Crippen LogP contribution is -2.12. The first-order chi connectivity index (χ1) is 13.7. The lowest BCUT2D eigenvalue weighted by Gasteiger charge is -2.06. The van der Waals surface area contributed by atoms with Gasteiger partial charge >= 0.3 is 17.9 Å². The van der Waals surface area contributed by atoms with Crippen LogP contribution in [0.3, 0.4) is 0 Å². The van der Waals surface area contributed by atoms with Gasteiger partial charge in [-0.05, 0) is 39.3 Å². The third-order valence-electron chi connectivity index (χ3n) is 3.23. The Hall–Kier alpha value is -3.35. The molecule has 158 valence electrons. The van der Waals surface area contributed by atoms with E-state index in [1.165, 1.54) is 13.0 Å². The van der Waals surface area contributed by atoms with Crippen molar-refractivity contribution in [2.24, 2.45) is 0 Å². The molecule has 0 heterocycles. The van der Waals surface area contributed by atoms with Gasteiger partial charge in [-0.3, -0.25) is 0 Å². The Kier molecular flexibility index (Phi) is 13.0. The molecule has 0 amide bonds. The normalized spacial score (nSPS) is 10.1. The van der Waals surface area contributed by atoms with Gasteiger partial charge in [-0.1, -0.05) is 37.4 Å². The molecule has 1 rings (SSSR count). The fraction of sp³-hybridized carbons (Fsp3) is 0.318. The summed E-state index contributed by atoms with van der Waals surface area (Å²) in [5.41, 5.74) is 0.845. The number of ether oxygens (including phenoxy) is 3. The Bertz CT molecular complexity index is 733. The summed E-state index contributed by atoms with van der Waals surface area (Å²) in [5, 5.41) is 8.52. The number of carboxylic acids is 1. The first-order valence-electron chi connectivity index (χ1n) is 8.94. The summed E-state index contributed by atoms with van der Waals surface area (Å²) >= 11 is 0. The molecule has 7 nitrogen and oxygen atoms in total. The maximum Gasteiger partial charge on any atom is 0.333 e. The van der Waals surface area contributed by atoms with Crippen LogP contribution in [0.25, 0.3) is 0 Å². The fourth-order valence-corrected chi connectivity index (χ4v) is 1.61. The second kappa shape index (κ2) is 14.7. The number of hydrogen-bond acceptors (Lipinski definition) is 6. The minimum absolute atomic E-state index is 0.190. The van der Waals surface area contributed by atoms with Crippen LogP contribution in [0.2, 0.25) is 0 Å². The van der Waals surface area contributed by atoms with Crippen molar-refractivity contribution in [1.29, 1.82) is 0 Å². The van der Waals surface area contributed by atoms with E-state index >= 15 is 0 Å². The molecule has 0 fully saturated rings. The average Bonchev–Trinajstić information content (AvgIpc) is 2.70. The van der Waals surface area contributed by atoms with E-state index < -0.39 is 11.9 Å². The smallest absolute Gasteiger partial charge is 0.333 e. The SMILES string of the molecule is C=C(C)C(=O)OCCOc1ccccc1.C=C(CC=C(C)C(=O)O)C(=O)OCC. The van der Waals surface area contributed by atoms with Crippen molar-refractivity contribution >= 4 is 17.9 Å². The van der Waals surface area contributed by atoms with E-state index in [1.54, 1.807) is 13.8 Å². The third kappa shape index (κ3) is 12.6. The Morgan fingerprint density at radius 1 is 1.00 bits per heavy atom. The number of carbonyl (C=O) groups is 3. The lowest BCUT2D eigenvalue weighted by molar-refractivity contribution is -0.140. The molecule has 0 aliphatic carbocycles. The van der Waals surface area contributed by atoms with E-state index in [4.69, 9.17) is 14.6 Å². The van der Waals surface area contributed by atoms with Gasteiger partial charge in [-0.2, -0.15) is 0 Å². The van der Waals surface area contributed by atoms with Crippen LogP contribution in [-0.2, 0) is 23.9 Å². The highest BCUT2D eigenvalue weighted by Gasteiger charge is 2.07. The Labute approximate surface area is 171 Å². The topological polar surface area (TPSA) is 99.1 Å². The number of aliphatic carboxylic acids is 1. The predicted molar refractivity (Wildman–Crippen MR) is 109 cm³/mol. The van der Waals surface area contributed by atoms with Crippen molar-refractivity contribution in [3.8, 4) is 5.75 Å². The number of carbonyl (C=O) groups excluding carboxylic acids is 2. The molecule has 0 atom stereocenters. The summed E-state index contributed by atoms with van der Waals surface area (Å²) in [6, 6.07) is 9.37. The van der Waals surface area contributed by atoms with Crippen LogP contribution in [0, 0.1) is 0 Å². The molecule has 0 saturated heterocycles. The Balaban J connectivity index is 0.000000543. The van der Waals surface area contributed by atoms with Gasteiger partial charge < -0.3 is 19.3 Å². The van der Waals surface area contributed by atoms with E-state index in [1.807, 2.05) is 30.3 Å². The lowest BCUT2D eigenvalue weighted by atomic mass is 10.1. The number of carboxylic acid groups (broad SMARTS) is 1. The molecule has 1 aromatic carbocycles. The maximum atomic E-state index is 11.0. The van der Waals surface area contributed by atoms with Gasteiger partial charge in [-0.25, -0.2) is 14.4 Å². The molecule has 7 heteroatoms. The van der Waals surface area contributed by atoms with Crippen molar-refractivity contribution in [2.45, 2.75) is 27.2 Å². The van der Waals surface area contributed by atoms with Crippen molar-refractivity contribution in [3.05, 3.63) is 66.3 Å². The minimum Gasteiger partial charge on any atom is -0.490 e. The van der Waals surface area contributed by atoms with Gasteiger partial charge in [0.05, 0.1) is 6.61 Å². The van der Waals surface area contributed by atoms with Crippen LogP contribution in [0.5, 0.6) is 5.75 Å². The largest absolute Gasteiger partial charge is 0.490 e. The first-order valence-corrected chi connectivity index (χ1v) is 8.94. The average molecular weight is 404 g/mol. The van der Waals surface area contributed by atoms with Crippen LogP contribution in [0.1, 0.15) is 27.2 Å². The number of benzene rings is 1. The number of esters is 2. The van der Waals surface area contributed by atoms with Gasteiger partial charge in [0.1, 0.15) is 19.0 Å². The molecular weight excluding hydrogens is 376 g/mol. The van der Waals surface area contributed by atoms with Crippen molar-refractivity contribution < 1.29 is 33.7 Å². The highest BCUT2D eigenvalue weighted by Crippen LogP contribution is 2.08. The van der Waals surface area contributed by atoms with Crippen LogP contribution in [0.4, 0.5) is 0 Å². The molecule has 0 radical (unpaired) electrons. The molecule has 0 aliphatic rings. The number of hydrogen-bond donors (Lipinski definition) is 1. The summed E-state index contributed by atoms with van der Waals surface area (Å²) in [6.45, 7) is 12.6. The number of para-hydroxylation sites is 1. The standard InChI is InChI=1S/C12H14O3.C10H14O4/c1-10(2)12(13)15-9-8-14-11-6-4-3-5-7-11;1-4-14-10(13)8(3)6-5-7(2)9(11)12/h3-7H,1,8-9H2,2H3;5H,3-4,6H2,1-2H3,(H,11,12). The zero-order chi connectivity index (χ0) is 22.2. The van der Waals surface area contributed by atoms with Crippen LogP contribution < -0.4 is 4.74 Å². The summed E-state index contributed by atoms with van der Waals surface area (Å²) in [4.78, 5) is 32.4. The molecule has 0 spiro atoms. The highest BCUT2D eigenvalue weighted by molar-refractivity contribution is 5.89. The molecule has 0 aromatic heterocycles. The van der Waals surface area contributed by atoms with Crippen LogP contribution >= 0.6 is 0 Å². The molecule has 0 unspecified atom stereocenters. The molecule has 1 aromatic rings. The second-order valence-electron chi connectivity index (χ2n) is 5.80. The highest BCUT2D eigenvalue weighted by atomic mass is 16.6. The Morgan fingerprint density at radius 2 is 1.62 bits per heavy atom. The maximum absolute atomic E-state index is 11.0. The van der Waals surface area contributed by atoms with Gasteiger partial charge in [-0.15, -0.1) is 0 Å². The minimum atomic E-state index is -0.998. The Morgan fingerprint density at radius 3 is 2.14 bits per heavy atom. The van der Waals surface area contributed by atoms with Crippen molar-refractivity contribution in [3.63, 3.8) is 0 Å². The van der Waals surface area contributed by atoms with Crippen molar-refractivity contribution in [2.75, 3.05) is 19.8 Å². The quantitative estimate of drug-likeness (QED) is 0.360. The van der Waals surface area contributed by atoms with Gasteiger partial charge in [0.25, 0.3) is 0 Å². The summed E-state index contributed by atoms with van der Waals surface area (Å²) in [7, 11) is 0. The van der Waals surface area contributed by atoms with E-state index in [0.29, 0.717) is 18.8 Å². The summed E-state index contributed by atoms with van der Waals surface area (Å²) in [6.07, 6.45) is 1.64. The summed E-state index contributed by atoms with van der Waals surface area (Å²) in [5.74, 6) is -1.10. The molecule has 0 aliphatic heterocycles. The van der Waals surface area contributed by atoms with Crippen molar-refractivity contribution in [1.82, 2.24) is 0 Å². The number of allylic oxidation sites excluding steroid dienone is 1. The first kappa shape index (κ1) is 25.6. The zero-order valence-corrected chi connectivity index (χ0v) is 17.1.